The highest BCUT2D eigenvalue weighted by molar-refractivity contribution is 6.30. The number of carboxylic acids is 1. The van der Waals surface area contributed by atoms with Crippen LogP contribution in [0, 0.1) is 5.41 Å². The summed E-state index contributed by atoms with van der Waals surface area (Å²) in [6.45, 7) is 6.11. The maximum atomic E-state index is 11.8. The van der Waals surface area contributed by atoms with E-state index in [-0.39, 0.29) is 0 Å². The van der Waals surface area contributed by atoms with Gasteiger partial charge in [0.15, 0.2) is 0 Å². The summed E-state index contributed by atoms with van der Waals surface area (Å²) in [6.07, 6.45) is 0.981. The first-order chi connectivity index (χ1) is 10.8. The number of carbonyl (C=O) groups is 1. The van der Waals surface area contributed by atoms with E-state index in [1.807, 2.05) is 24.3 Å². The molecule has 0 saturated carbocycles. The first-order valence-electron chi connectivity index (χ1n) is 7.87. The lowest BCUT2D eigenvalue weighted by molar-refractivity contribution is -0.147. The highest BCUT2D eigenvalue weighted by Crippen LogP contribution is 2.29. The van der Waals surface area contributed by atoms with Crippen LogP contribution >= 0.6 is 11.6 Å². The van der Waals surface area contributed by atoms with E-state index in [4.69, 9.17) is 11.6 Å². The quantitative estimate of drug-likeness (QED) is 0.776. The van der Waals surface area contributed by atoms with Crippen LogP contribution in [0.25, 0.3) is 0 Å². The predicted molar refractivity (Wildman–Crippen MR) is 95.1 cm³/mol. The molecule has 2 rings (SSSR count). The zero-order valence-corrected chi connectivity index (χ0v) is 14.6. The topological polar surface area (TPSA) is 37.3 Å². The molecule has 2 aromatic carbocycles. The lowest BCUT2D eigenvalue weighted by atomic mass is 9.78. The second kappa shape index (κ2) is 7.18. The molecule has 3 heteroatoms. The van der Waals surface area contributed by atoms with Crippen molar-refractivity contribution in [1.29, 1.82) is 0 Å². The molecule has 0 amide bonds. The number of benzene rings is 2. The molecule has 0 saturated heterocycles. The predicted octanol–water partition coefficient (Wildman–Crippen LogP) is 5.34. The smallest absolute Gasteiger partial charge is 0.310 e. The van der Waals surface area contributed by atoms with E-state index in [2.05, 4.69) is 26.0 Å². The molecule has 1 atom stereocenters. The SMILES string of the molecule is CC(C)c1ccc(C[C@@](C)(Cc2ccc(Cl)cc2)C(=O)O)cc1. The number of aliphatic carboxylic acids is 1. The number of rotatable bonds is 6. The third-order valence-corrected chi connectivity index (χ3v) is 4.52. The van der Waals surface area contributed by atoms with Gasteiger partial charge in [0.25, 0.3) is 0 Å². The number of halogens is 1. The third-order valence-electron chi connectivity index (χ3n) is 4.26. The van der Waals surface area contributed by atoms with Crippen molar-refractivity contribution in [3.63, 3.8) is 0 Å². The largest absolute Gasteiger partial charge is 0.481 e. The van der Waals surface area contributed by atoms with E-state index in [1.165, 1.54) is 5.56 Å². The Morgan fingerprint density at radius 2 is 1.43 bits per heavy atom. The van der Waals surface area contributed by atoms with Gasteiger partial charge in [-0.1, -0.05) is 61.8 Å². The molecule has 2 nitrogen and oxygen atoms in total. The van der Waals surface area contributed by atoms with E-state index >= 15 is 0 Å². The molecule has 0 radical (unpaired) electrons. The Morgan fingerprint density at radius 3 is 1.83 bits per heavy atom. The van der Waals surface area contributed by atoms with Crippen molar-refractivity contribution in [2.45, 2.75) is 39.5 Å². The van der Waals surface area contributed by atoms with Crippen molar-refractivity contribution in [3.8, 4) is 0 Å². The summed E-state index contributed by atoms with van der Waals surface area (Å²) < 4.78 is 0. The molecule has 0 bridgehead atoms. The van der Waals surface area contributed by atoms with Gasteiger partial charge in [-0.2, -0.15) is 0 Å². The maximum Gasteiger partial charge on any atom is 0.310 e. The second-order valence-corrected chi connectivity index (χ2v) is 7.18. The van der Waals surface area contributed by atoms with Crippen LogP contribution in [0.4, 0.5) is 0 Å². The molecule has 0 aliphatic heterocycles. The molecule has 1 N–H and O–H groups in total. The Labute approximate surface area is 143 Å². The van der Waals surface area contributed by atoms with Gasteiger partial charge >= 0.3 is 5.97 Å². The molecule has 122 valence electrons. The molecule has 0 spiro atoms. The van der Waals surface area contributed by atoms with Crippen molar-refractivity contribution in [2.75, 3.05) is 0 Å². The van der Waals surface area contributed by atoms with Crippen LogP contribution in [0.2, 0.25) is 5.02 Å². The monoisotopic (exact) mass is 330 g/mol. The van der Waals surface area contributed by atoms with E-state index in [0.29, 0.717) is 23.8 Å². The zero-order chi connectivity index (χ0) is 17.0. The van der Waals surface area contributed by atoms with E-state index in [1.54, 1.807) is 19.1 Å². The maximum absolute atomic E-state index is 11.8. The third kappa shape index (κ3) is 4.59. The van der Waals surface area contributed by atoms with Crippen LogP contribution in [0.3, 0.4) is 0 Å². The van der Waals surface area contributed by atoms with Crippen LogP contribution in [0.15, 0.2) is 48.5 Å². The molecule has 0 aliphatic rings. The summed E-state index contributed by atoms with van der Waals surface area (Å²) in [7, 11) is 0. The highest BCUT2D eigenvalue weighted by Gasteiger charge is 2.33. The van der Waals surface area contributed by atoms with Gasteiger partial charge in [-0.3, -0.25) is 4.79 Å². The molecule has 0 unspecified atom stereocenters. The number of hydrogen-bond acceptors (Lipinski definition) is 1. The standard InChI is InChI=1S/C20H23ClO2/c1-14(2)17-8-4-15(5-9-17)12-20(3,19(22)23)13-16-6-10-18(21)11-7-16/h4-11,14H,12-13H2,1-3H3,(H,22,23)/t20-/m0/s1. The number of hydrogen-bond donors (Lipinski definition) is 1. The van der Waals surface area contributed by atoms with Crippen LogP contribution in [-0.4, -0.2) is 11.1 Å². The Hall–Kier alpha value is -1.80. The van der Waals surface area contributed by atoms with Crippen molar-refractivity contribution >= 4 is 17.6 Å². The van der Waals surface area contributed by atoms with Gasteiger partial charge < -0.3 is 5.11 Å². The van der Waals surface area contributed by atoms with E-state index in [0.717, 1.165) is 11.1 Å². The molecule has 0 aromatic heterocycles. The van der Waals surface area contributed by atoms with Crippen molar-refractivity contribution in [3.05, 3.63) is 70.2 Å². The highest BCUT2D eigenvalue weighted by atomic mass is 35.5. The van der Waals surface area contributed by atoms with Gasteiger partial charge in [0.1, 0.15) is 0 Å². The Balaban J connectivity index is 2.19. The minimum Gasteiger partial charge on any atom is -0.481 e. The van der Waals surface area contributed by atoms with Crippen LogP contribution < -0.4 is 0 Å². The van der Waals surface area contributed by atoms with Gasteiger partial charge in [-0.05, 0) is 54.5 Å². The van der Waals surface area contributed by atoms with Gasteiger partial charge in [0.2, 0.25) is 0 Å². The first-order valence-corrected chi connectivity index (χ1v) is 8.25. The Morgan fingerprint density at radius 1 is 1.00 bits per heavy atom. The Bertz CT molecular complexity index is 659. The summed E-state index contributed by atoms with van der Waals surface area (Å²) >= 11 is 5.90. The fraction of sp³-hybridized carbons (Fsp3) is 0.350. The summed E-state index contributed by atoms with van der Waals surface area (Å²) in [5.41, 5.74) is 2.46. The van der Waals surface area contributed by atoms with E-state index < -0.39 is 11.4 Å². The summed E-state index contributed by atoms with van der Waals surface area (Å²) in [4.78, 5) is 11.8. The minimum atomic E-state index is -0.840. The van der Waals surface area contributed by atoms with Crippen molar-refractivity contribution in [2.24, 2.45) is 5.41 Å². The molecule has 23 heavy (non-hydrogen) atoms. The lowest BCUT2D eigenvalue weighted by Crippen LogP contribution is -2.32. The number of carboxylic acid groups (broad SMARTS) is 1. The minimum absolute atomic E-state index is 0.476. The zero-order valence-electron chi connectivity index (χ0n) is 13.8. The second-order valence-electron chi connectivity index (χ2n) is 6.74. The van der Waals surface area contributed by atoms with Gasteiger partial charge in [-0.15, -0.1) is 0 Å². The van der Waals surface area contributed by atoms with Crippen molar-refractivity contribution in [1.82, 2.24) is 0 Å². The summed E-state index contributed by atoms with van der Waals surface area (Å²) in [5, 5.41) is 10.4. The average Bonchev–Trinajstić information content (AvgIpc) is 2.50. The van der Waals surface area contributed by atoms with Crippen LogP contribution in [-0.2, 0) is 17.6 Å². The molecule has 0 fully saturated rings. The van der Waals surface area contributed by atoms with E-state index in [9.17, 15) is 9.90 Å². The first kappa shape index (κ1) is 17.6. The molecule has 2 aromatic rings. The van der Waals surface area contributed by atoms with Gasteiger partial charge in [-0.25, -0.2) is 0 Å². The summed E-state index contributed by atoms with van der Waals surface area (Å²) in [5.74, 6) is -0.302. The fourth-order valence-corrected chi connectivity index (χ4v) is 2.86. The van der Waals surface area contributed by atoms with Gasteiger partial charge in [0.05, 0.1) is 5.41 Å². The lowest BCUT2D eigenvalue weighted by Gasteiger charge is -2.25. The molecular weight excluding hydrogens is 308 g/mol. The van der Waals surface area contributed by atoms with Gasteiger partial charge in [0, 0.05) is 5.02 Å². The molecule has 0 heterocycles. The van der Waals surface area contributed by atoms with Crippen molar-refractivity contribution < 1.29 is 9.90 Å². The molecular formula is C20H23ClO2. The average molecular weight is 331 g/mol. The Kier molecular flexibility index (Phi) is 5.48. The molecule has 0 aliphatic carbocycles. The fourth-order valence-electron chi connectivity index (χ4n) is 2.74. The normalized spacial score (nSPS) is 13.8. The van der Waals surface area contributed by atoms with Crippen LogP contribution in [0.1, 0.15) is 43.4 Å². The van der Waals surface area contributed by atoms with Crippen LogP contribution in [0.5, 0.6) is 0 Å². The summed E-state index contributed by atoms with van der Waals surface area (Å²) in [6, 6.07) is 15.6.